The van der Waals surface area contributed by atoms with Gasteiger partial charge < -0.3 is 5.11 Å². The quantitative estimate of drug-likeness (QED) is 0.912. The Hall–Kier alpha value is -1.67. The molecule has 0 radical (unpaired) electrons. The Morgan fingerprint density at radius 2 is 1.79 bits per heavy atom. The smallest absolute Gasteiger partial charge is 0.391 e. The number of aliphatic carboxylic acids is 1. The van der Waals surface area contributed by atoms with Crippen molar-refractivity contribution in [1.29, 1.82) is 0 Å². The fraction of sp³-hybridized carbons (Fsp3) is 0.867. The van der Waals surface area contributed by atoms with E-state index in [9.17, 15) is 23.1 Å². The number of fused-ring (bicyclic) bond motifs is 1. The second-order valence-corrected chi connectivity index (χ2v) is 7.53. The molecule has 0 aromatic carbocycles. The molecule has 4 rings (SSSR count). The lowest BCUT2D eigenvalue weighted by molar-refractivity contribution is -0.182. The third kappa shape index (κ3) is 2.48. The molecule has 24 heavy (non-hydrogen) atoms. The van der Waals surface area contributed by atoms with Crippen molar-refractivity contribution >= 4 is 5.97 Å². The summed E-state index contributed by atoms with van der Waals surface area (Å²) in [6, 6.07) is 0. The number of tetrazole rings is 1. The van der Waals surface area contributed by atoms with E-state index in [1.807, 2.05) is 0 Å². The lowest BCUT2D eigenvalue weighted by Crippen LogP contribution is -2.42. The maximum atomic E-state index is 12.7. The van der Waals surface area contributed by atoms with Crippen LogP contribution in [-0.2, 0) is 10.3 Å². The van der Waals surface area contributed by atoms with Crippen LogP contribution in [0.15, 0.2) is 0 Å². The third-order valence-corrected chi connectivity index (χ3v) is 6.03. The number of nitrogens with zero attached hydrogens (tertiary/aromatic N) is 4. The second kappa shape index (κ2) is 5.16. The lowest BCUT2D eigenvalue weighted by atomic mass is 9.81. The molecule has 3 aliphatic carbocycles. The van der Waals surface area contributed by atoms with Crippen LogP contribution in [0.2, 0.25) is 0 Å². The SMILES string of the molecule is O=C(O)C1(n2nnc(C3CCC(C(F)(F)F)CC3)n2)C[C@H]2C[C@H]2C1. The number of carbonyl (C=O) groups is 1. The highest BCUT2D eigenvalue weighted by Crippen LogP contribution is 2.58. The van der Waals surface area contributed by atoms with Gasteiger partial charge in [0.2, 0.25) is 0 Å². The largest absolute Gasteiger partial charge is 0.479 e. The van der Waals surface area contributed by atoms with Gasteiger partial charge in [0.15, 0.2) is 11.4 Å². The third-order valence-electron chi connectivity index (χ3n) is 6.03. The molecule has 1 aromatic rings. The molecule has 0 aliphatic heterocycles. The number of carboxylic acids is 1. The van der Waals surface area contributed by atoms with Crippen LogP contribution in [0.3, 0.4) is 0 Å². The fourth-order valence-corrected chi connectivity index (χ4v) is 4.43. The summed E-state index contributed by atoms with van der Waals surface area (Å²) >= 11 is 0. The summed E-state index contributed by atoms with van der Waals surface area (Å²) in [6.45, 7) is 0. The lowest BCUT2D eigenvalue weighted by Gasteiger charge is -2.28. The molecule has 3 atom stereocenters. The van der Waals surface area contributed by atoms with E-state index in [1.165, 1.54) is 4.80 Å². The van der Waals surface area contributed by atoms with E-state index in [2.05, 4.69) is 15.4 Å². The van der Waals surface area contributed by atoms with Gasteiger partial charge in [0.05, 0.1) is 5.92 Å². The van der Waals surface area contributed by atoms with Crippen molar-refractivity contribution in [3.05, 3.63) is 5.82 Å². The molecule has 1 aromatic heterocycles. The average Bonchev–Trinajstić information content (AvgIpc) is 2.97. The number of hydrogen-bond acceptors (Lipinski definition) is 4. The van der Waals surface area contributed by atoms with Gasteiger partial charge in [0.1, 0.15) is 0 Å². The zero-order chi connectivity index (χ0) is 17.1. The number of rotatable bonds is 3. The highest BCUT2D eigenvalue weighted by Gasteiger charge is 2.60. The summed E-state index contributed by atoms with van der Waals surface area (Å²) in [4.78, 5) is 13.0. The van der Waals surface area contributed by atoms with Gasteiger partial charge in [-0.1, -0.05) is 0 Å². The van der Waals surface area contributed by atoms with Crippen molar-refractivity contribution in [2.24, 2.45) is 17.8 Å². The van der Waals surface area contributed by atoms with Crippen LogP contribution in [0, 0.1) is 17.8 Å². The molecule has 0 spiro atoms. The standard InChI is InChI=1S/C15H19F3N4O2/c16-15(17,18)11-3-1-8(2-4-11)12-19-21-22(20-12)14(13(23)24)6-9-5-10(9)7-14/h8-11H,1-7H2,(H,23,24)/t8?,9-,10+,11?,14?. The van der Waals surface area contributed by atoms with Gasteiger partial charge in [-0.05, 0) is 62.0 Å². The molecule has 0 bridgehead atoms. The average molecular weight is 344 g/mol. The van der Waals surface area contributed by atoms with Gasteiger partial charge in [-0.15, -0.1) is 15.0 Å². The van der Waals surface area contributed by atoms with Gasteiger partial charge >= 0.3 is 12.1 Å². The molecule has 1 unspecified atom stereocenters. The van der Waals surface area contributed by atoms with E-state index in [-0.39, 0.29) is 18.8 Å². The Morgan fingerprint density at radius 1 is 1.17 bits per heavy atom. The van der Waals surface area contributed by atoms with Crippen LogP contribution in [0.4, 0.5) is 13.2 Å². The monoisotopic (exact) mass is 344 g/mol. The predicted octanol–water partition coefficient (Wildman–Crippen LogP) is 2.72. The first-order valence-electron chi connectivity index (χ1n) is 8.40. The van der Waals surface area contributed by atoms with E-state index < -0.39 is 23.6 Å². The van der Waals surface area contributed by atoms with Crippen molar-refractivity contribution in [1.82, 2.24) is 20.2 Å². The molecule has 0 saturated heterocycles. The number of hydrogen-bond donors (Lipinski definition) is 1. The number of alkyl halides is 3. The van der Waals surface area contributed by atoms with Crippen LogP contribution in [0.1, 0.15) is 56.7 Å². The highest BCUT2D eigenvalue weighted by atomic mass is 19.4. The van der Waals surface area contributed by atoms with E-state index in [1.54, 1.807) is 0 Å². The fourth-order valence-electron chi connectivity index (χ4n) is 4.43. The minimum Gasteiger partial charge on any atom is -0.479 e. The zero-order valence-corrected chi connectivity index (χ0v) is 13.0. The van der Waals surface area contributed by atoms with Crippen LogP contribution in [-0.4, -0.2) is 37.5 Å². The Morgan fingerprint density at radius 3 is 2.33 bits per heavy atom. The van der Waals surface area contributed by atoms with Crippen molar-refractivity contribution in [3.63, 3.8) is 0 Å². The normalized spacial score (nSPS) is 38.8. The number of halogens is 3. The molecular formula is C15H19F3N4O2. The van der Waals surface area contributed by atoms with Crippen molar-refractivity contribution < 1.29 is 23.1 Å². The van der Waals surface area contributed by atoms with Gasteiger partial charge in [-0.2, -0.15) is 13.2 Å². The molecular weight excluding hydrogens is 325 g/mol. The predicted molar refractivity (Wildman–Crippen MR) is 75.0 cm³/mol. The Balaban J connectivity index is 1.49. The Bertz CT molecular complexity index is 641. The molecule has 1 heterocycles. The summed E-state index contributed by atoms with van der Waals surface area (Å²) < 4.78 is 38.2. The summed E-state index contributed by atoms with van der Waals surface area (Å²) in [5.41, 5.74) is -1.12. The molecule has 132 valence electrons. The molecule has 3 fully saturated rings. The highest BCUT2D eigenvalue weighted by molar-refractivity contribution is 5.77. The van der Waals surface area contributed by atoms with E-state index in [0.29, 0.717) is 43.3 Å². The second-order valence-electron chi connectivity index (χ2n) is 7.53. The maximum Gasteiger partial charge on any atom is 0.391 e. The van der Waals surface area contributed by atoms with Crippen LogP contribution in [0.25, 0.3) is 0 Å². The van der Waals surface area contributed by atoms with Crippen molar-refractivity contribution in [2.45, 2.75) is 62.6 Å². The Kier molecular flexibility index (Phi) is 3.41. The summed E-state index contributed by atoms with van der Waals surface area (Å²) in [5.74, 6) is -1.12. The number of carboxylic acid groups (broad SMARTS) is 1. The summed E-state index contributed by atoms with van der Waals surface area (Å²) in [7, 11) is 0. The molecule has 3 aliphatic rings. The first-order valence-corrected chi connectivity index (χ1v) is 8.40. The zero-order valence-electron chi connectivity index (χ0n) is 13.0. The molecule has 0 amide bonds. The van der Waals surface area contributed by atoms with E-state index in [4.69, 9.17) is 0 Å². The maximum absolute atomic E-state index is 12.7. The van der Waals surface area contributed by atoms with Crippen molar-refractivity contribution in [2.75, 3.05) is 0 Å². The minimum atomic E-state index is -4.14. The van der Waals surface area contributed by atoms with Crippen LogP contribution < -0.4 is 0 Å². The molecule has 6 nitrogen and oxygen atoms in total. The topological polar surface area (TPSA) is 80.9 Å². The minimum absolute atomic E-state index is 0.0664. The molecule has 9 heteroatoms. The number of aromatic nitrogens is 4. The summed E-state index contributed by atoms with van der Waals surface area (Å²) in [6.07, 6.45) is -1.18. The Labute approximate surface area is 136 Å². The molecule has 1 N–H and O–H groups in total. The van der Waals surface area contributed by atoms with Gasteiger partial charge in [-0.25, -0.2) is 4.79 Å². The first kappa shape index (κ1) is 15.8. The van der Waals surface area contributed by atoms with Gasteiger partial charge in [-0.3, -0.25) is 0 Å². The van der Waals surface area contributed by atoms with E-state index >= 15 is 0 Å². The van der Waals surface area contributed by atoms with Gasteiger partial charge in [0, 0.05) is 5.92 Å². The van der Waals surface area contributed by atoms with Gasteiger partial charge in [0.25, 0.3) is 0 Å². The van der Waals surface area contributed by atoms with Crippen molar-refractivity contribution in [3.8, 4) is 0 Å². The van der Waals surface area contributed by atoms with Crippen LogP contribution >= 0.6 is 0 Å². The van der Waals surface area contributed by atoms with E-state index in [0.717, 1.165) is 6.42 Å². The molecule has 3 saturated carbocycles. The summed E-state index contributed by atoms with van der Waals surface area (Å²) in [5, 5.41) is 21.9. The first-order chi connectivity index (χ1) is 11.3. The van der Waals surface area contributed by atoms with Crippen LogP contribution in [0.5, 0.6) is 0 Å².